The van der Waals surface area contributed by atoms with Gasteiger partial charge in [0.15, 0.2) is 0 Å². The smallest absolute Gasteiger partial charge is 0.231 e. The van der Waals surface area contributed by atoms with Crippen LogP contribution in [0.15, 0.2) is 55.0 Å². The molecule has 0 N–H and O–H groups in total. The van der Waals surface area contributed by atoms with Crippen molar-refractivity contribution in [2.45, 2.75) is 13.1 Å². The van der Waals surface area contributed by atoms with E-state index in [-0.39, 0.29) is 5.82 Å². The molecule has 1 aliphatic rings. The molecule has 0 aliphatic carbocycles. The van der Waals surface area contributed by atoms with Crippen molar-refractivity contribution in [3.63, 3.8) is 0 Å². The summed E-state index contributed by atoms with van der Waals surface area (Å²) in [6, 6.07) is 10.6. The molecule has 1 aliphatic heterocycles. The fraction of sp³-hybridized carbons (Fsp3) is 0.217. The summed E-state index contributed by atoms with van der Waals surface area (Å²) < 4.78 is 26.6. The molecule has 0 fully saturated rings. The summed E-state index contributed by atoms with van der Waals surface area (Å²) in [7, 11) is 1.57. The second kappa shape index (κ2) is 8.17. The van der Waals surface area contributed by atoms with Gasteiger partial charge in [0, 0.05) is 42.5 Å². The van der Waals surface area contributed by atoms with E-state index in [0.717, 1.165) is 34.4 Å². The monoisotopic (exact) mass is 438 g/mol. The van der Waals surface area contributed by atoms with Gasteiger partial charge in [-0.25, -0.2) is 9.37 Å². The molecule has 0 amide bonds. The Morgan fingerprint density at radius 3 is 2.87 bits per heavy atom. The molecule has 5 rings (SSSR count). The third kappa shape index (κ3) is 3.94. The van der Waals surface area contributed by atoms with Crippen molar-refractivity contribution in [3.05, 3.63) is 77.1 Å². The van der Waals surface area contributed by atoms with Gasteiger partial charge in [0.1, 0.15) is 18.2 Å². The lowest BCUT2D eigenvalue weighted by molar-refractivity contribution is 0.217. The van der Waals surface area contributed by atoms with Crippen LogP contribution < -0.4 is 9.47 Å². The van der Waals surface area contributed by atoms with Crippen molar-refractivity contribution < 1.29 is 13.9 Å². The van der Waals surface area contributed by atoms with E-state index in [1.165, 1.54) is 12.1 Å². The van der Waals surface area contributed by atoms with Crippen molar-refractivity contribution >= 4 is 22.5 Å². The number of hydrogen-bond donors (Lipinski definition) is 0. The molecule has 2 aromatic heterocycles. The maximum absolute atomic E-state index is 13.6. The van der Waals surface area contributed by atoms with Crippen LogP contribution in [0.5, 0.6) is 11.6 Å². The SMILES string of the molecule is COc1cnc(CN2CCOc3c(Cl)cc(-n4ccc5cc(F)ccc54)cc3C2)cn1. The molecule has 8 heteroatoms. The van der Waals surface area contributed by atoms with Crippen LogP contribution in [-0.4, -0.2) is 39.7 Å². The quantitative estimate of drug-likeness (QED) is 0.465. The highest BCUT2D eigenvalue weighted by Gasteiger charge is 2.20. The lowest BCUT2D eigenvalue weighted by Gasteiger charge is -2.19. The average Bonchev–Trinajstić information content (AvgIpc) is 3.07. The summed E-state index contributed by atoms with van der Waals surface area (Å²) >= 11 is 6.60. The largest absolute Gasteiger partial charge is 0.490 e. The predicted molar refractivity (Wildman–Crippen MR) is 116 cm³/mol. The molecule has 0 radical (unpaired) electrons. The van der Waals surface area contributed by atoms with E-state index >= 15 is 0 Å². The van der Waals surface area contributed by atoms with Gasteiger partial charge >= 0.3 is 0 Å². The minimum absolute atomic E-state index is 0.254. The van der Waals surface area contributed by atoms with Crippen molar-refractivity contribution in [1.29, 1.82) is 0 Å². The average molecular weight is 439 g/mol. The number of rotatable bonds is 4. The van der Waals surface area contributed by atoms with Gasteiger partial charge in [-0.2, -0.15) is 0 Å². The van der Waals surface area contributed by atoms with Crippen LogP contribution in [0.3, 0.4) is 0 Å². The molecule has 0 saturated heterocycles. The molecule has 3 heterocycles. The van der Waals surface area contributed by atoms with Crippen LogP contribution in [0.1, 0.15) is 11.3 Å². The van der Waals surface area contributed by atoms with Crippen LogP contribution in [0.4, 0.5) is 4.39 Å². The molecule has 6 nitrogen and oxygen atoms in total. The Hall–Kier alpha value is -3.16. The Balaban J connectivity index is 1.46. The van der Waals surface area contributed by atoms with Gasteiger partial charge in [-0.05, 0) is 36.4 Å². The maximum Gasteiger partial charge on any atom is 0.231 e. The number of nitrogens with zero attached hydrogens (tertiary/aromatic N) is 4. The first-order chi connectivity index (χ1) is 15.1. The second-order valence-corrected chi connectivity index (χ2v) is 7.82. The summed E-state index contributed by atoms with van der Waals surface area (Å²) in [6.07, 6.45) is 5.26. The lowest BCUT2D eigenvalue weighted by atomic mass is 10.1. The molecule has 2 aromatic carbocycles. The van der Waals surface area contributed by atoms with Crippen LogP contribution in [0.25, 0.3) is 16.6 Å². The second-order valence-electron chi connectivity index (χ2n) is 7.41. The number of halogens is 2. The van der Waals surface area contributed by atoms with Gasteiger partial charge in [0.25, 0.3) is 0 Å². The first-order valence-electron chi connectivity index (χ1n) is 9.90. The molecular formula is C23H20ClFN4O2. The first-order valence-corrected chi connectivity index (χ1v) is 10.3. The van der Waals surface area contributed by atoms with Crippen molar-refractivity contribution in [1.82, 2.24) is 19.4 Å². The van der Waals surface area contributed by atoms with E-state index in [2.05, 4.69) is 20.9 Å². The third-order valence-electron chi connectivity index (χ3n) is 5.36. The molecule has 31 heavy (non-hydrogen) atoms. The fourth-order valence-corrected chi connectivity index (χ4v) is 4.17. The zero-order valence-electron chi connectivity index (χ0n) is 16.9. The van der Waals surface area contributed by atoms with Gasteiger partial charge in [-0.15, -0.1) is 0 Å². The number of fused-ring (bicyclic) bond motifs is 2. The fourth-order valence-electron chi connectivity index (χ4n) is 3.88. The van der Waals surface area contributed by atoms with Gasteiger partial charge in [-0.1, -0.05) is 11.6 Å². The van der Waals surface area contributed by atoms with E-state index < -0.39 is 0 Å². The Morgan fingerprint density at radius 1 is 1.16 bits per heavy atom. The Kier molecular flexibility index (Phi) is 5.21. The van der Waals surface area contributed by atoms with Crippen molar-refractivity contribution in [2.75, 3.05) is 20.3 Å². The van der Waals surface area contributed by atoms with Crippen LogP contribution in [0.2, 0.25) is 5.02 Å². The first kappa shape index (κ1) is 19.8. The predicted octanol–water partition coefficient (Wildman–Crippen LogP) is 4.62. The third-order valence-corrected chi connectivity index (χ3v) is 5.64. The summed E-state index contributed by atoms with van der Waals surface area (Å²) in [5.74, 6) is 0.940. The number of methoxy groups -OCH3 is 1. The molecule has 0 saturated carbocycles. The molecule has 158 valence electrons. The molecular weight excluding hydrogens is 419 g/mol. The highest BCUT2D eigenvalue weighted by atomic mass is 35.5. The minimum Gasteiger partial charge on any atom is -0.490 e. The van der Waals surface area contributed by atoms with Gasteiger partial charge in [0.2, 0.25) is 5.88 Å². The van der Waals surface area contributed by atoms with E-state index in [1.807, 2.05) is 22.9 Å². The number of aromatic nitrogens is 3. The van der Waals surface area contributed by atoms with E-state index in [9.17, 15) is 4.39 Å². The van der Waals surface area contributed by atoms with Gasteiger partial charge < -0.3 is 14.0 Å². The summed E-state index contributed by atoms with van der Waals surface area (Å²) in [5, 5.41) is 1.39. The van der Waals surface area contributed by atoms with Gasteiger partial charge in [-0.3, -0.25) is 9.88 Å². The van der Waals surface area contributed by atoms with Crippen molar-refractivity contribution in [3.8, 4) is 17.3 Å². The molecule has 0 unspecified atom stereocenters. The highest BCUT2D eigenvalue weighted by molar-refractivity contribution is 6.32. The zero-order valence-corrected chi connectivity index (χ0v) is 17.6. The topological polar surface area (TPSA) is 52.4 Å². The number of hydrogen-bond acceptors (Lipinski definition) is 5. The summed E-state index contributed by atoms with van der Waals surface area (Å²) in [5.41, 5.74) is 3.66. The Bertz CT molecular complexity index is 1240. The zero-order chi connectivity index (χ0) is 21.4. The maximum atomic E-state index is 13.6. The summed E-state index contributed by atoms with van der Waals surface area (Å²) in [6.45, 7) is 2.55. The normalized spacial score (nSPS) is 14.2. The van der Waals surface area contributed by atoms with E-state index in [4.69, 9.17) is 21.1 Å². The van der Waals surface area contributed by atoms with E-state index in [1.54, 1.807) is 25.6 Å². The molecule has 0 bridgehead atoms. The molecule has 0 atom stereocenters. The summed E-state index contributed by atoms with van der Waals surface area (Å²) in [4.78, 5) is 10.9. The molecule has 0 spiro atoms. The van der Waals surface area contributed by atoms with E-state index in [0.29, 0.717) is 36.3 Å². The lowest BCUT2D eigenvalue weighted by Crippen LogP contribution is -2.25. The minimum atomic E-state index is -0.254. The van der Waals surface area contributed by atoms with Crippen LogP contribution in [-0.2, 0) is 13.1 Å². The molecule has 4 aromatic rings. The Labute approximate surface area is 183 Å². The van der Waals surface area contributed by atoms with Crippen LogP contribution >= 0.6 is 11.6 Å². The Morgan fingerprint density at radius 2 is 2.06 bits per heavy atom. The number of benzene rings is 2. The van der Waals surface area contributed by atoms with Crippen LogP contribution in [0, 0.1) is 5.82 Å². The highest BCUT2D eigenvalue weighted by Crippen LogP contribution is 2.35. The number of ether oxygens (including phenoxy) is 2. The standard InChI is InChI=1S/C23H20ClFN4O2/c1-30-22-12-26-18(11-27-22)14-28-6-7-31-23-16(13-28)9-19(10-20(23)24)29-5-4-15-8-17(25)2-3-21(15)29/h2-5,8-12H,6-7,13-14H2,1H3. The van der Waals surface area contributed by atoms with Crippen molar-refractivity contribution in [2.24, 2.45) is 0 Å². The van der Waals surface area contributed by atoms with Gasteiger partial charge in [0.05, 0.1) is 35.7 Å².